The fourth-order valence-corrected chi connectivity index (χ4v) is 1.10. The fourth-order valence-electron chi connectivity index (χ4n) is 1.10. The van der Waals surface area contributed by atoms with Crippen molar-refractivity contribution in [1.29, 1.82) is 5.26 Å². The summed E-state index contributed by atoms with van der Waals surface area (Å²) in [5.41, 5.74) is 0.897. The van der Waals surface area contributed by atoms with Gasteiger partial charge in [-0.15, -0.1) is 0 Å². The van der Waals surface area contributed by atoms with E-state index in [2.05, 4.69) is 0 Å². The molecular formula is C12H14FNO. The predicted molar refractivity (Wildman–Crippen MR) is 55.7 cm³/mol. The van der Waals surface area contributed by atoms with Crippen LogP contribution < -0.4 is 0 Å². The second kappa shape index (κ2) is 5.47. The van der Waals surface area contributed by atoms with Crippen molar-refractivity contribution in [3.8, 4) is 6.07 Å². The SMILES string of the molecule is CCC(C)OCc1ccc(F)c(C#N)c1. The van der Waals surface area contributed by atoms with Gasteiger partial charge in [-0.3, -0.25) is 0 Å². The van der Waals surface area contributed by atoms with Crippen LogP contribution in [0.25, 0.3) is 0 Å². The summed E-state index contributed by atoms with van der Waals surface area (Å²) in [6, 6.07) is 6.27. The van der Waals surface area contributed by atoms with Gasteiger partial charge < -0.3 is 4.74 Å². The van der Waals surface area contributed by atoms with Gasteiger partial charge >= 0.3 is 0 Å². The molecule has 0 saturated heterocycles. The van der Waals surface area contributed by atoms with Crippen molar-refractivity contribution in [2.75, 3.05) is 0 Å². The van der Waals surface area contributed by atoms with E-state index in [9.17, 15) is 4.39 Å². The van der Waals surface area contributed by atoms with Gasteiger partial charge in [-0.2, -0.15) is 5.26 Å². The van der Waals surface area contributed by atoms with Crippen LogP contribution in [-0.4, -0.2) is 6.10 Å². The first-order chi connectivity index (χ1) is 7.17. The molecule has 0 saturated carbocycles. The molecule has 2 nitrogen and oxygen atoms in total. The number of ether oxygens (including phenoxy) is 1. The summed E-state index contributed by atoms with van der Waals surface area (Å²) in [5, 5.41) is 8.64. The van der Waals surface area contributed by atoms with E-state index < -0.39 is 5.82 Å². The minimum atomic E-state index is -0.482. The van der Waals surface area contributed by atoms with E-state index in [1.54, 1.807) is 12.1 Å². The van der Waals surface area contributed by atoms with Gasteiger partial charge in [0.05, 0.1) is 18.3 Å². The van der Waals surface area contributed by atoms with E-state index in [0.29, 0.717) is 6.61 Å². The average molecular weight is 207 g/mol. The molecule has 0 spiro atoms. The van der Waals surface area contributed by atoms with Crippen LogP contribution in [-0.2, 0) is 11.3 Å². The summed E-state index contributed by atoms with van der Waals surface area (Å²) in [6.45, 7) is 4.44. The molecule has 80 valence electrons. The van der Waals surface area contributed by atoms with Crippen molar-refractivity contribution in [3.05, 3.63) is 35.1 Å². The molecule has 0 amide bonds. The highest BCUT2D eigenvalue weighted by atomic mass is 19.1. The molecule has 0 aliphatic heterocycles. The third-order valence-electron chi connectivity index (χ3n) is 2.26. The maximum atomic E-state index is 13.0. The highest BCUT2D eigenvalue weighted by molar-refractivity contribution is 5.34. The zero-order valence-corrected chi connectivity index (χ0v) is 8.96. The Bertz CT molecular complexity index is 370. The lowest BCUT2D eigenvalue weighted by Gasteiger charge is -2.10. The van der Waals surface area contributed by atoms with Crippen LogP contribution in [0, 0.1) is 17.1 Å². The van der Waals surface area contributed by atoms with Gasteiger partial charge in [0.1, 0.15) is 11.9 Å². The third-order valence-corrected chi connectivity index (χ3v) is 2.26. The maximum absolute atomic E-state index is 13.0. The van der Waals surface area contributed by atoms with Gasteiger partial charge in [0.25, 0.3) is 0 Å². The van der Waals surface area contributed by atoms with Crippen molar-refractivity contribution in [2.24, 2.45) is 0 Å². The predicted octanol–water partition coefficient (Wildman–Crippen LogP) is 3.01. The standard InChI is InChI=1S/C12H14FNO/c1-3-9(2)15-8-10-4-5-12(13)11(6-10)7-14/h4-6,9H,3,8H2,1-2H3. The maximum Gasteiger partial charge on any atom is 0.140 e. The summed E-state index contributed by atoms with van der Waals surface area (Å²) >= 11 is 0. The molecule has 1 aromatic rings. The van der Waals surface area contributed by atoms with Gasteiger partial charge in [-0.05, 0) is 31.0 Å². The molecule has 1 aromatic carbocycles. The Morgan fingerprint density at radius 1 is 1.53 bits per heavy atom. The van der Waals surface area contributed by atoms with Crippen LogP contribution in [0.1, 0.15) is 31.4 Å². The largest absolute Gasteiger partial charge is 0.374 e. The molecule has 15 heavy (non-hydrogen) atoms. The molecule has 1 rings (SSSR count). The van der Waals surface area contributed by atoms with Crippen molar-refractivity contribution < 1.29 is 9.13 Å². The van der Waals surface area contributed by atoms with E-state index in [4.69, 9.17) is 10.00 Å². The zero-order chi connectivity index (χ0) is 11.3. The first-order valence-electron chi connectivity index (χ1n) is 4.97. The molecule has 1 unspecified atom stereocenters. The monoisotopic (exact) mass is 207 g/mol. The number of hydrogen-bond acceptors (Lipinski definition) is 2. The molecule has 0 fully saturated rings. The van der Waals surface area contributed by atoms with Gasteiger partial charge in [-0.25, -0.2) is 4.39 Å². The second-order valence-electron chi connectivity index (χ2n) is 3.46. The highest BCUT2D eigenvalue weighted by Gasteiger charge is 2.04. The molecule has 0 N–H and O–H groups in total. The van der Waals surface area contributed by atoms with Crippen molar-refractivity contribution in [3.63, 3.8) is 0 Å². The Kier molecular flexibility index (Phi) is 4.26. The molecule has 0 aliphatic carbocycles. The van der Waals surface area contributed by atoms with Crippen LogP contribution in [0.3, 0.4) is 0 Å². The number of halogens is 1. The molecule has 0 aliphatic rings. The van der Waals surface area contributed by atoms with Crippen LogP contribution in [0.15, 0.2) is 18.2 Å². The molecular weight excluding hydrogens is 193 g/mol. The summed E-state index contributed by atoms with van der Waals surface area (Å²) < 4.78 is 18.5. The van der Waals surface area contributed by atoms with Gasteiger partial charge in [-0.1, -0.05) is 13.0 Å². The number of nitrogens with zero attached hydrogens (tertiary/aromatic N) is 1. The molecule has 0 radical (unpaired) electrons. The molecule has 0 bridgehead atoms. The quantitative estimate of drug-likeness (QED) is 0.760. The smallest absolute Gasteiger partial charge is 0.140 e. The molecule has 3 heteroatoms. The Morgan fingerprint density at radius 3 is 2.87 bits per heavy atom. The number of hydrogen-bond donors (Lipinski definition) is 0. The normalized spacial score (nSPS) is 12.1. The first-order valence-corrected chi connectivity index (χ1v) is 4.97. The third kappa shape index (κ3) is 3.34. The Balaban J connectivity index is 2.67. The van der Waals surface area contributed by atoms with Crippen LogP contribution in [0.2, 0.25) is 0 Å². The second-order valence-corrected chi connectivity index (χ2v) is 3.46. The molecule has 0 heterocycles. The van der Waals surface area contributed by atoms with Gasteiger partial charge in [0.15, 0.2) is 0 Å². The van der Waals surface area contributed by atoms with Crippen LogP contribution in [0.5, 0.6) is 0 Å². The lowest BCUT2D eigenvalue weighted by atomic mass is 10.1. The minimum Gasteiger partial charge on any atom is -0.374 e. The summed E-state index contributed by atoms with van der Waals surface area (Å²) in [4.78, 5) is 0. The average Bonchev–Trinajstić information content (AvgIpc) is 2.27. The van der Waals surface area contributed by atoms with Gasteiger partial charge in [0.2, 0.25) is 0 Å². The van der Waals surface area contributed by atoms with Gasteiger partial charge in [0, 0.05) is 0 Å². The Morgan fingerprint density at radius 2 is 2.27 bits per heavy atom. The zero-order valence-electron chi connectivity index (χ0n) is 8.96. The summed E-state index contributed by atoms with van der Waals surface area (Å²) in [6.07, 6.45) is 1.12. The van der Waals surface area contributed by atoms with Crippen molar-refractivity contribution in [2.45, 2.75) is 33.0 Å². The number of nitriles is 1. The number of benzene rings is 1. The summed E-state index contributed by atoms with van der Waals surface area (Å²) in [5.74, 6) is -0.482. The lowest BCUT2D eigenvalue weighted by Crippen LogP contribution is -2.06. The molecule has 0 aromatic heterocycles. The minimum absolute atomic E-state index is 0.0697. The van der Waals surface area contributed by atoms with E-state index in [1.807, 2.05) is 13.8 Å². The van der Waals surface area contributed by atoms with Crippen LogP contribution in [0.4, 0.5) is 4.39 Å². The van der Waals surface area contributed by atoms with E-state index in [1.165, 1.54) is 12.1 Å². The first kappa shape index (κ1) is 11.7. The van der Waals surface area contributed by atoms with E-state index >= 15 is 0 Å². The van der Waals surface area contributed by atoms with E-state index in [-0.39, 0.29) is 11.7 Å². The van der Waals surface area contributed by atoms with Crippen molar-refractivity contribution >= 4 is 0 Å². The fraction of sp³-hybridized carbons (Fsp3) is 0.417. The Labute approximate surface area is 89.3 Å². The number of rotatable bonds is 4. The van der Waals surface area contributed by atoms with Crippen LogP contribution >= 0.6 is 0 Å². The Hall–Kier alpha value is -1.40. The lowest BCUT2D eigenvalue weighted by molar-refractivity contribution is 0.0508. The molecule has 1 atom stereocenters. The highest BCUT2D eigenvalue weighted by Crippen LogP contribution is 2.11. The van der Waals surface area contributed by atoms with E-state index in [0.717, 1.165) is 12.0 Å². The topological polar surface area (TPSA) is 33.0 Å². The van der Waals surface area contributed by atoms with Crippen molar-refractivity contribution in [1.82, 2.24) is 0 Å². The summed E-state index contributed by atoms with van der Waals surface area (Å²) in [7, 11) is 0.